The molecule has 3 aromatic heterocycles. The zero-order valence-electron chi connectivity index (χ0n) is 15.5. The van der Waals surface area contributed by atoms with Crippen LogP contribution in [0.2, 0.25) is 10.0 Å². The molecule has 0 aliphatic carbocycles. The van der Waals surface area contributed by atoms with E-state index in [0.29, 0.717) is 15.9 Å². The summed E-state index contributed by atoms with van der Waals surface area (Å²) in [6.45, 7) is 3.94. The van der Waals surface area contributed by atoms with E-state index >= 15 is 0 Å². The van der Waals surface area contributed by atoms with Gasteiger partial charge in [-0.15, -0.1) is 10.2 Å². The number of hydrogen-bond donors (Lipinski definition) is 0. The molecular weight excluding hydrogens is 427 g/mol. The van der Waals surface area contributed by atoms with Gasteiger partial charge in [0.15, 0.2) is 10.8 Å². The van der Waals surface area contributed by atoms with Gasteiger partial charge < -0.3 is 4.42 Å². The van der Waals surface area contributed by atoms with Gasteiger partial charge in [-0.05, 0) is 32.0 Å². The molecule has 0 saturated heterocycles. The minimum absolute atomic E-state index is 0.564. The molecule has 8 heteroatoms. The number of nitrogens with zero attached hydrogens (tertiary/aromatic N) is 4. The van der Waals surface area contributed by atoms with Crippen molar-refractivity contribution in [2.45, 2.75) is 13.8 Å². The molecule has 0 unspecified atom stereocenters. The molecule has 3 heterocycles. The first kappa shape index (κ1) is 18.4. The van der Waals surface area contributed by atoms with Crippen LogP contribution in [0.1, 0.15) is 11.3 Å². The van der Waals surface area contributed by atoms with Crippen molar-refractivity contribution in [1.82, 2.24) is 19.8 Å². The topological polar surface area (TPSA) is 56.2 Å². The SMILES string of the molecule is Cc1oc(-c2cc(Cl)cc(Cl)c2)c(C)c1-c1nn2c(-c3ccccc3)nnc2s1. The molecule has 144 valence electrons. The number of aryl methyl sites for hydroxylation is 1. The highest BCUT2D eigenvalue weighted by atomic mass is 35.5. The molecule has 29 heavy (non-hydrogen) atoms. The highest BCUT2D eigenvalue weighted by molar-refractivity contribution is 7.19. The Morgan fingerprint density at radius 2 is 1.66 bits per heavy atom. The number of rotatable bonds is 3. The van der Waals surface area contributed by atoms with Gasteiger partial charge in [0.05, 0.1) is 5.56 Å². The van der Waals surface area contributed by atoms with Crippen molar-refractivity contribution in [1.29, 1.82) is 0 Å². The number of benzene rings is 2. The highest BCUT2D eigenvalue weighted by Crippen LogP contribution is 2.40. The fourth-order valence-electron chi connectivity index (χ4n) is 3.41. The number of fused-ring (bicyclic) bond motifs is 1. The summed E-state index contributed by atoms with van der Waals surface area (Å²) in [6.07, 6.45) is 0. The van der Waals surface area contributed by atoms with E-state index in [4.69, 9.17) is 32.7 Å². The lowest BCUT2D eigenvalue weighted by Gasteiger charge is -2.01. The van der Waals surface area contributed by atoms with Crippen molar-refractivity contribution in [3.05, 3.63) is 69.9 Å². The third-order valence-corrected chi connectivity index (χ3v) is 6.04. The first-order chi connectivity index (χ1) is 14.0. The lowest BCUT2D eigenvalue weighted by molar-refractivity contribution is 0.548. The van der Waals surface area contributed by atoms with E-state index in [1.807, 2.05) is 56.3 Å². The molecule has 0 bridgehead atoms. The molecule has 0 atom stereocenters. The standard InChI is InChI=1S/C21H14Cl2N4OS/c1-11-17(12(2)28-18(11)14-8-15(22)10-16(23)9-14)20-26-27-19(24-25-21(27)29-20)13-6-4-3-5-7-13/h3-10H,1-2H3. The summed E-state index contributed by atoms with van der Waals surface area (Å²) in [4.78, 5) is 0.728. The van der Waals surface area contributed by atoms with E-state index in [1.54, 1.807) is 10.6 Å². The molecule has 0 aliphatic heterocycles. The van der Waals surface area contributed by atoms with Gasteiger partial charge in [-0.25, -0.2) is 0 Å². The Labute approximate surface area is 180 Å². The molecule has 0 amide bonds. The van der Waals surface area contributed by atoms with Crippen LogP contribution in [-0.2, 0) is 0 Å². The van der Waals surface area contributed by atoms with Gasteiger partial charge >= 0.3 is 0 Å². The maximum absolute atomic E-state index is 6.18. The van der Waals surface area contributed by atoms with Gasteiger partial charge in [-0.3, -0.25) is 0 Å². The molecule has 5 nitrogen and oxygen atoms in total. The molecule has 0 fully saturated rings. The summed E-state index contributed by atoms with van der Waals surface area (Å²) >= 11 is 13.8. The van der Waals surface area contributed by atoms with Crippen LogP contribution in [0.15, 0.2) is 52.9 Å². The number of furan rings is 1. The smallest absolute Gasteiger partial charge is 0.235 e. The van der Waals surface area contributed by atoms with Crippen LogP contribution in [0.25, 0.3) is 38.2 Å². The van der Waals surface area contributed by atoms with E-state index in [9.17, 15) is 0 Å². The van der Waals surface area contributed by atoms with Crippen LogP contribution in [0.5, 0.6) is 0 Å². The van der Waals surface area contributed by atoms with Crippen LogP contribution in [-0.4, -0.2) is 19.8 Å². The minimum Gasteiger partial charge on any atom is -0.460 e. The number of halogens is 2. The first-order valence-corrected chi connectivity index (χ1v) is 10.4. The number of aromatic nitrogens is 4. The highest BCUT2D eigenvalue weighted by Gasteiger charge is 2.22. The van der Waals surface area contributed by atoms with Gasteiger partial charge in [0.25, 0.3) is 0 Å². The van der Waals surface area contributed by atoms with Gasteiger partial charge in [-0.1, -0.05) is 64.9 Å². The zero-order valence-corrected chi connectivity index (χ0v) is 17.8. The van der Waals surface area contributed by atoms with Gasteiger partial charge in [0.2, 0.25) is 4.96 Å². The Morgan fingerprint density at radius 1 is 0.931 bits per heavy atom. The van der Waals surface area contributed by atoms with Crippen molar-refractivity contribution < 1.29 is 4.42 Å². The Kier molecular flexibility index (Phi) is 4.42. The third-order valence-electron chi connectivity index (χ3n) is 4.68. The molecule has 5 rings (SSSR count). The fourth-order valence-corrected chi connectivity index (χ4v) is 4.93. The van der Waals surface area contributed by atoms with Gasteiger partial charge in [-0.2, -0.15) is 9.61 Å². The maximum atomic E-state index is 6.18. The molecule has 0 spiro atoms. The summed E-state index contributed by atoms with van der Waals surface area (Å²) in [5.74, 6) is 2.22. The third kappa shape index (κ3) is 3.13. The van der Waals surface area contributed by atoms with E-state index in [0.717, 1.165) is 43.7 Å². The van der Waals surface area contributed by atoms with Crippen LogP contribution in [0, 0.1) is 13.8 Å². The molecule has 5 aromatic rings. The Morgan fingerprint density at radius 3 is 2.38 bits per heavy atom. The second-order valence-electron chi connectivity index (χ2n) is 6.64. The van der Waals surface area contributed by atoms with Crippen molar-refractivity contribution in [2.75, 3.05) is 0 Å². The maximum Gasteiger partial charge on any atom is 0.235 e. The van der Waals surface area contributed by atoms with Crippen molar-refractivity contribution in [3.8, 4) is 33.3 Å². The summed E-state index contributed by atoms with van der Waals surface area (Å²) in [5, 5.41) is 15.3. The molecule has 0 saturated carbocycles. The fraction of sp³-hybridized carbons (Fsp3) is 0.0952. The van der Waals surface area contributed by atoms with Crippen molar-refractivity contribution >= 4 is 39.5 Å². The van der Waals surface area contributed by atoms with E-state index in [1.165, 1.54) is 11.3 Å². The van der Waals surface area contributed by atoms with Crippen LogP contribution >= 0.6 is 34.5 Å². The van der Waals surface area contributed by atoms with E-state index in [2.05, 4.69) is 10.2 Å². The monoisotopic (exact) mass is 440 g/mol. The first-order valence-electron chi connectivity index (χ1n) is 8.86. The van der Waals surface area contributed by atoms with E-state index in [-0.39, 0.29) is 0 Å². The Balaban J connectivity index is 1.64. The summed E-state index contributed by atoms with van der Waals surface area (Å²) in [5.41, 5.74) is 3.73. The normalized spacial score (nSPS) is 11.4. The molecule has 0 aliphatic rings. The Bertz CT molecular complexity index is 1330. The predicted octanol–water partition coefficient (Wildman–Crippen LogP) is 6.70. The van der Waals surface area contributed by atoms with E-state index < -0.39 is 0 Å². The summed E-state index contributed by atoms with van der Waals surface area (Å²) in [6, 6.07) is 15.3. The lowest BCUT2D eigenvalue weighted by atomic mass is 10.1. The van der Waals surface area contributed by atoms with Crippen molar-refractivity contribution in [3.63, 3.8) is 0 Å². The summed E-state index contributed by atoms with van der Waals surface area (Å²) in [7, 11) is 0. The van der Waals surface area contributed by atoms with Crippen LogP contribution in [0.4, 0.5) is 0 Å². The average molecular weight is 441 g/mol. The molecule has 0 radical (unpaired) electrons. The molecular formula is C21H14Cl2N4OS. The second kappa shape index (κ2) is 6.99. The largest absolute Gasteiger partial charge is 0.460 e. The minimum atomic E-state index is 0.564. The van der Waals surface area contributed by atoms with Crippen LogP contribution < -0.4 is 0 Å². The van der Waals surface area contributed by atoms with Crippen molar-refractivity contribution in [2.24, 2.45) is 0 Å². The van der Waals surface area contributed by atoms with Gasteiger partial charge in [0.1, 0.15) is 11.5 Å². The van der Waals surface area contributed by atoms with Gasteiger partial charge in [0, 0.05) is 26.7 Å². The second-order valence-corrected chi connectivity index (χ2v) is 8.47. The average Bonchev–Trinajstić information content (AvgIpc) is 3.34. The summed E-state index contributed by atoms with van der Waals surface area (Å²) < 4.78 is 7.86. The predicted molar refractivity (Wildman–Crippen MR) is 117 cm³/mol. The number of hydrogen-bond acceptors (Lipinski definition) is 5. The quantitative estimate of drug-likeness (QED) is 0.313. The molecule has 0 N–H and O–H groups in total. The lowest BCUT2D eigenvalue weighted by Crippen LogP contribution is -1.91. The molecule has 2 aromatic carbocycles. The van der Waals surface area contributed by atoms with Crippen LogP contribution in [0.3, 0.4) is 0 Å². The zero-order chi connectivity index (χ0) is 20.1. The Hall–Kier alpha value is -2.67.